The van der Waals surface area contributed by atoms with Crippen molar-refractivity contribution < 1.29 is 4.79 Å². The second kappa shape index (κ2) is 5.19. The van der Waals surface area contributed by atoms with Crippen LogP contribution in [0.1, 0.15) is 36.5 Å². The number of hydrogen-bond acceptors (Lipinski definition) is 3. The Labute approximate surface area is 110 Å². The molecule has 0 saturated heterocycles. The van der Waals surface area contributed by atoms with E-state index >= 15 is 0 Å². The van der Waals surface area contributed by atoms with E-state index in [0.717, 1.165) is 0 Å². The molecule has 4 nitrogen and oxygen atoms in total. The summed E-state index contributed by atoms with van der Waals surface area (Å²) in [7, 11) is 0. The minimum absolute atomic E-state index is 0.0766. The Bertz CT molecular complexity index is 435. The molecule has 1 unspecified atom stereocenters. The van der Waals surface area contributed by atoms with Crippen molar-refractivity contribution in [3.63, 3.8) is 0 Å². The highest BCUT2D eigenvalue weighted by molar-refractivity contribution is 6.34. The van der Waals surface area contributed by atoms with Crippen molar-refractivity contribution >= 4 is 29.1 Å². The summed E-state index contributed by atoms with van der Waals surface area (Å²) >= 11 is 11.5. The highest BCUT2D eigenvalue weighted by Gasteiger charge is 2.26. The van der Waals surface area contributed by atoms with Gasteiger partial charge >= 0.3 is 0 Å². The van der Waals surface area contributed by atoms with Crippen LogP contribution in [0, 0.1) is 5.92 Å². The maximum atomic E-state index is 12.0. The van der Waals surface area contributed by atoms with Gasteiger partial charge in [-0.3, -0.25) is 4.79 Å². The fourth-order valence-electron chi connectivity index (χ4n) is 1.85. The Morgan fingerprint density at radius 1 is 1.47 bits per heavy atom. The van der Waals surface area contributed by atoms with Gasteiger partial charge in [-0.05, 0) is 31.7 Å². The van der Waals surface area contributed by atoms with Gasteiger partial charge in [0.2, 0.25) is 0 Å². The zero-order valence-electron chi connectivity index (χ0n) is 9.41. The first kappa shape index (κ1) is 12.6. The molecule has 0 aromatic carbocycles. The van der Waals surface area contributed by atoms with Gasteiger partial charge in [0.1, 0.15) is 0 Å². The number of carbonyl (C=O) groups is 1. The molecule has 92 valence electrons. The number of nitrogens with one attached hydrogen (secondary N) is 1. The number of aromatic nitrogens is 2. The average molecular weight is 274 g/mol. The predicted octanol–water partition coefficient (Wildman–Crippen LogP) is 2.70. The van der Waals surface area contributed by atoms with Gasteiger partial charge in [-0.25, -0.2) is 0 Å². The SMILES string of the molecule is CC(NC(=O)c1cc(Cl)nnc1Cl)C1CCC1. The van der Waals surface area contributed by atoms with E-state index in [2.05, 4.69) is 15.5 Å². The second-order valence-corrected chi connectivity index (χ2v) is 5.07. The van der Waals surface area contributed by atoms with Crippen molar-refractivity contribution in [2.75, 3.05) is 0 Å². The maximum absolute atomic E-state index is 12.0. The molecule has 0 bridgehead atoms. The van der Waals surface area contributed by atoms with Crippen molar-refractivity contribution in [2.24, 2.45) is 5.92 Å². The van der Waals surface area contributed by atoms with Crippen molar-refractivity contribution in [1.29, 1.82) is 0 Å². The van der Waals surface area contributed by atoms with Gasteiger partial charge in [0.25, 0.3) is 5.91 Å². The van der Waals surface area contributed by atoms with Crippen molar-refractivity contribution in [2.45, 2.75) is 32.2 Å². The molecule has 1 N–H and O–H groups in total. The van der Waals surface area contributed by atoms with Gasteiger partial charge in [0.05, 0.1) is 5.56 Å². The zero-order chi connectivity index (χ0) is 12.4. The molecule has 0 radical (unpaired) electrons. The van der Waals surface area contributed by atoms with Crippen LogP contribution in [0.2, 0.25) is 10.3 Å². The van der Waals surface area contributed by atoms with Gasteiger partial charge in [-0.1, -0.05) is 29.6 Å². The lowest BCUT2D eigenvalue weighted by molar-refractivity contribution is 0.0909. The van der Waals surface area contributed by atoms with E-state index in [9.17, 15) is 4.79 Å². The Hall–Kier alpha value is -0.870. The Kier molecular flexibility index (Phi) is 3.84. The molecule has 1 atom stereocenters. The van der Waals surface area contributed by atoms with E-state index < -0.39 is 0 Å². The first-order chi connectivity index (χ1) is 8.08. The third-order valence-electron chi connectivity index (χ3n) is 3.18. The quantitative estimate of drug-likeness (QED) is 0.922. The van der Waals surface area contributed by atoms with E-state index in [-0.39, 0.29) is 27.8 Å². The molecule has 1 aromatic heterocycles. The molecular formula is C11H13Cl2N3O. The van der Waals surface area contributed by atoms with Gasteiger partial charge < -0.3 is 5.32 Å². The minimum atomic E-state index is -0.244. The van der Waals surface area contributed by atoms with Gasteiger partial charge in [0.15, 0.2) is 10.3 Å². The highest BCUT2D eigenvalue weighted by Crippen LogP contribution is 2.29. The molecule has 17 heavy (non-hydrogen) atoms. The molecule has 6 heteroatoms. The summed E-state index contributed by atoms with van der Waals surface area (Å²) in [5.74, 6) is 0.328. The highest BCUT2D eigenvalue weighted by atomic mass is 35.5. The minimum Gasteiger partial charge on any atom is -0.349 e. The average Bonchev–Trinajstić information content (AvgIpc) is 2.18. The van der Waals surface area contributed by atoms with Gasteiger partial charge in [-0.15, -0.1) is 10.2 Å². The van der Waals surface area contributed by atoms with Crippen LogP contribution in [0.4, 0.5) is 0 Å². The van der Waals surface area contributed by atoms with E-state index in [4.69, 9.17) is 23.2 Å². The van der Waals surface area contributed by atoms with E-state index in [1.165, 1.54) is 25.3 Å². The van der Waals surface area contributed by atoms with E-state index in [1.807, 2.05) is 6.92 Å². The Morgan fingerprint density at radius 2 is 2.18 bits per heavy atom. The number of rotatable bonds is 3. The summed E-state index contributed by atoms with van der Waals surface area (Å²) in [6.45, 7) is 2.01. The molecule has 1 fully saturated rings. The van der Waals surface area contributed by atoms with Gasteiger partial charge in [0, 0.05) is 6.04 Å². The Balaban J connectivity index is 2.05. The zero-order valence-corrected chi connectivity index (χ0v) is 10.9. The lowest BCUT2D eigenvalue weighted by Crippen LogP contribution is -2.40. The normalized spacial score (nSPS) is 17.4. The van der Waals surface area contributed by atoms with Crippen molar-refractivity contribution in [3.05, 3.63) is 21.9 Å². The van der Waals surface area contributed by atoms with Crippen LogP contribution in [0.25, 0.3) is 0 Å². The first-order valence-electron chi connectivity index (χ1n) is 5.57. The molecule has 1 aliphatic carbocycles. The van der Waals surface area contributed by atoms with Crippen LogP contribution in [0.5, 0.6) is 0 Å². The smallest absolute Gasteiger partial charge is 0.254 e. The molecule has 0 aliphatic heterocycles. The molecule has 1 heterocycles. The second-order valence-electron chi connectivity index (χ2n) is 4.32. The molecule has 0 spiro atoms. The number of nitrogens with zero attached hydrogens (tertiary/aromatic N) is 2. The van der Waals surface area contributed by atoms with Crippen LogP contribution in [0.15, 0.2) is 6.07 Å². The molecule has 2 rings (SSSR count). The monoisotopic (exact) mass is 273 g/mol. The molecule has 1 saturated carbocycles. The Morgan fingerprint density at radius 3 is 2.76 bits per heavy atom. The summed E-state index contributed by atoms with van der Waals surface area (Å²) < 4.78 is 0. The molecule has 1 aromatic rings. The van der Waals surface area contributed by atoms with E-state index in [1.54, 1.807) is 0 Å². The summed E-state index contributed by atoms with van der Waals surface area (Å²) in [6, 6.07) is 1.58. The number of halogens is 2. The van der Waals surface area contributed by atoms with Crippen LogP contribution in [-0.2, 0) is 0 Å². The lowest BCUT2D eigenvalue weighted by Gasteiger charge is -2.31. The summed E-state index contributed by atoms with van der Waals surface area (Å²) in [5, 5.41) is 10.3. The van der Waals surface area contributed by atoms with Crippen LogP contribution in [0.3, 0.4) is 0 Å². The largest absolute Gasteiger partial charge is 0.349 e. The fourth-order valence-corrected chi connectivity index (χ4v) is 2.18. The first-order valence-corrected chi connectivity index (χ1v) is 6.33. The number of hydrogen-bond donors (Lipinski definition) is 1. The van der Waals surface area contributed by atoms with Crippen LogP contribution < -0.4 is 5.32 Å². The molecule has 1 amide bonds. The standard InChI is InChI=1S/C11H13Cl2N3O/c1-6(7-3-2-4-7)14-11(17)8-5-9(12)15-16-10(8)13/h5-7H,2-4H2,1H3,(H,14,17). The van der Waals surface area contributed by atoms with E-state index in [0.29, 0.717) is 5.92 Å². The van der Waals surface area contributed by atoms with Crippen LogP contribution >= 0.6 is 23.2 Å². The topological polar surface area (TPSA) is 54.9 Å². The maximum Gasteiger partial charge on any atom is 0.254 e. The van der Waals surface area contributed by atoms with Gasteiger partial charge in [-0.2, -0.15) is 0 Å². The third-order valence-corrected chi connectivity index (χ3v) is 3.64. The number of amides is 1. The molecular weight excluding hydrogens is 261 g/mol. The third kappa shape index (κ3) is 2.87. The molecule has 1 aliphatic rings. The van der Waals surface area contributed by atoms with Crippen molar-refractivity contribution in [1.82, 2.24) is 15.5 Å². The lowest BCUT2D eigenvalue weighted by atomic mass is 9.80. The van der Waals surface area contributed by atoms with Crippen LogP contribution in [-0.4, -0.2) is 22.1 Å². The summed E-state index contributed by atoms with van der Waals surface area (Å²) in [5.41, 5.74) is 0.276. The van der Waals surface area contributed by atoms with Crippen molar-refractivity contribution in [3.8, 4) is 0 Å². The predicted molar refractivity (Wildman–Crippen MR) is 66.3 cm³/mol. The summed E-state index contributed by atoms with van der Waals surface area (Å²) in [6.07, 6.45) is 3.59. The fraction of sp³-hybridized carbons (Fsp3) is 0.545. The summed E-state index contributed by atoms with van der Waals surface area (Å²) in [4.78, 5) is 12.0. The number of carbonyl (C=O) groups excluding carboxylic acids is 1.